The van der Waals surface area contributed by atoms with Gasteiger partial charge in [-0.1, -0.05) is 36.4 Å². The van der Waals surface area contributed by atoms with Gasteiger partial charge in [-0.15, -0.1) is 0 Å². The van der Waals surface area contributed by atoms with Crippen molar-refractivity contribution < 1.29 is 8.42 Å². The minimum Gasteiger partial charge on any atom is -0.354 e. The predicted octanol–water partition coefficient (Wildman–Crippen LogP) is 4.43. The quantitative estimate of drug-likeness (QED) is 0.262. The molecule has 0 atom stereocenters. The Hall–Kier alpha value is -3.49. The molecule has 0 saturated heterocycles. The second-order valence-electron chi connectivity index (χ2n) is 10.1. The molecule has 4 N–H and O–H groups in total. The first kappa shape index (κ1) is 27.5. The van der Waals surface area contributed by atoms with E-state index in [9.17, 15) is 8.42 Å². The standard InChI is InChI=1S/C27H36N8O2S/c1-18(2)31-27-33-25(29-16-6-15-28)32-26(34-27)30-17-20-10-13-22(14-11-20)35-38(36,37)24-19(3)9-12-21-7-4-5-8-23(21)24/h4-5,7-9,12,18,20,22,35H,6,10-11,13-14,16-17H2,1-3H3,(H3,29,30,31,32,33,34). The highest BCUT2D eigenvalue weighted by molar-refractivity contribution is 7.89. The van der Waals surface area contributed by atoms with Gasteiger partial charge >= 0.3 is 0 Å². The summed E-state index contributed by atoms with van der Waals surface area (Å²) >= 11 is 0. The van der Waals surface area contributed by atoms with Crippen molar-refractivity contribution in [1.82, 2.24) is 19.7 Å². The third kappa shape index (κ3) is 7.08. The largest absolute Gasteiger partial charge is 0.354 e. The van der Waals surface area contributed by atoms with Gasteiger partial charge in [0.05, 0.1) is 17.4 Å². The molecule has 10 nitrogen and oxygen atoms in total. The van der Waals surface area contributed by atoms with Gasteiger partial charge in [0.15, 0.2) is 0 Å². The third-order valence-electron chi connectivity index (χ3n) is 6.64. The number of anilines is 3. The minimum absolute atomic E-state index is 0.0930. The summed E-state index contributed by atoms with van der Waals surface area (Å²) in [5.74, 6) is 1.74. The van der Waals surface area contributed by atoms with E-state index < -0.39 is 10.0 Å². The van der Waals surface area contributed by atoms with Gasteiger partial charge in [-0.2, -0.15) is 20.2 Å². The van der Waals surface area contributed by atoms with Crippen LogP contribution in [0.2, 0.25) is 0 Å². The van der Waals surface area contributed by atoms with Gasteiger partial charge in [0.1, 0.15) is 0 Å². The molecule has 0 spiro atoms. The van der Waals surface area contributed by atoms with Crippen molar-refractivity contribution in [2.24, 2.45) is 5.92 Å². The zero-order valence-electron chi connectivity index (χ0n) is 22.2. The lowest BCUT2D eigenvalue weighted by Crippen LogP contribution is -2.38. The van der Waals surface area contributed by atoms with Crippen LogP contribution in [-0.2, 0) is 10.0 Å². The third-order valence-corrected chi connectivity index (χ3v) is 8.36. The number of benzene rings is 2. The highest BCUT2D eigenvalue weighted by atomic mass is 32.2. The van der Waals surface area contributed by atoms with Gasteiger partial charge < -0.3 is 16.0 Å². The van der Waals surface area contributed by atoms with E-state index >= 15 is 0 Å². The van der Waals surface area contributed by atoms with E-state index in [4.69, 9.17) is 5.26 Å². The summed E-state index contributed by atoms with van der Waals surface area (Å²) in [5, 5.41) is 20.1. The molecular formula is C27H36N8O2S. The predicted molar refractivity (Wildman–Crippen MR) is 151 cm³/mol. The Balaban J connectivity index is 1.35. The molecule has 3 aromatic rings. The van der Waals surface area contributed by atoms with Crippen molar-refractivity contribution in [2.45, 2.75) is 69.9 Å². The van der Waals surface area contributed by atoms with E-state index in [0.717, 1.165) is 42.0 Å². The number of fused-ring (bicyclic) bond motifs is 1. The molecule has 1 aliphatic carbocycles. The number of rotatable bonds is 11. The van der Waals surface area contributed by atoms with Crippen molar-refractivity contribution in [3.8, 4) is 6.07 Å². The lowest BCUT2D eigenvalue weighted by molar-refractivity contribution is 0.323. The van der Waals surface area contributed by atoms with Gasteiger partial charge in [0.2, 0.25) is 27.9 Å². The summed E-state index contributed by atoms with van der Waals surface area (Å²) < 4.78 is 29.7. The van der Waals surface area contributed by atoms with Gasteiger partial charge in [-0.3, -0.25) is 0 Å². The molecule has 1 aliphatic rings. The number of hydrogen-bond acceptors (Lipinski definition) is 9. The zero-order chi connectivity index (χ0) is 27.1. The van der Waals surface area contributed by atoms with E-state index in [-0.39, 0.29) is 12.1 Å². The molecule has 2 aromatic carbocycles. The Kier molecular flexibility index (Phi) is 8.97. The minimum atomic E-state index is -3.65. The van der Waals surface area contributed by atoms with E-state index in [0.29, 0.717) is 48.2 Å². The Bertz CT molecular complexity index is 1400. The summed E-state index contributed by atoms with van der Waals surface area (Å²) in [7, 11) is -3.65. The summed E-state index contributed by atoms with van der Waals surface area (Å²) in [6.07, 6.45) is 3.68. The molecule has 0 amide bonds. The number of nitriles is 1. The molecule has 1 saturated carbocycles. The molecule has 4 rings (SSSR count). The second kappa shape index (κ2) is 12.4. The Morgan fingerprint density at radius 1 is 0.974 bits per heavy atom. The molecule has 0 aliphatic heterocycles. The topological polar surface area (TPSA) is 145 Å². The molecule has 202 valence electrons. The number of aromatic nitrogens is 3. The zero-order valence-corrected chi connectivity index (χ0v) is 23.0. The average Bonchev–Trinajstić information content (AvgIpc) is 2.87. The fourth-order valence-electron chi connectivity index (χ4n) is 4.79. The second-order valence-corrected chi connectivity index (χ2v) is 11.7. The first-order valence-electron chi connectivity index (χ1n) is 13.1. The fraction of sp³-hybridized carbons (Fsp3) is 0.481. The average molecular weight is 537 g/mol. The summed E-state index contributed by atoms with van der Waals surface area (Å²) in [4.78, 5) is 13.7. The van der Waals surface area contributed by atoms with Crippen LogP contribution in [0.5, 0.6) is 0 Å². The van der Waals surface area contributed by atoms with E-state index in [1.165, 1.54) is 0 Å². The van der Waals surface area contributed by atoms with Gasteiger partial charge in [-0.25, -0.2) is 13.1 Å². The number of sulfonamides is 1. The molecule has 1 aromatic heterocycles. The van der Waals surface area contributed by atoms with Crippen LogP contribution in [0.15, 0.2) is 41.3 Å². The van der Waals surface area contributed by atoms with Crippen LogP contribution in [0, 0.1) is 24.2 Å². The van der Waals surface area contributed by atoms with Gasteiger partial charge in [-0.05, 0) is 63.3 Å². The lowest BCUT2D eigenvalue weighted by atomic mass is 9.86. The van der Waals surface area contributed by atoms with Crippen molar-refractivity contribution in [1.29, 1.82) is 5.26 Å². The number of hydrogen-bond donors (Lipinski definition) is 4. The SMILES string of the molecule is Cc1ccc2ccccc2c1S(=O)(=O)NC1CCC(CNc2nc(NCCC#N)nc(NC(C)C)n2)CC1. The molecule has 0 unspecified atom stereocenters. The van der Waals surface area contributed by atoms with Crippen LogP contribution in [0.1, 0.15) is 51.5 Å². The van der Waals surface area contributed by atoms with Gasteiger partial charge in [0.25, 0.3) is 0 Å². The maximum Gasteiger partial charge on any atom is 0.241 e. The summed E-state index contributed by atoms with van der Waals surface area (Å²) in [6, 6.07) is 13.6. The first-order valence-corrected chi connectivity index (χ1v) is 14.6. The van der Waals surface area contributed by atoms with Crippen molar-refractivity contribution in [2.75, 3.05) is 29.0 Å². The normalized spacial score (nSPS) is 17.8. The molecule has 11 heteroatoms. The van der Waals surface area contributed by atoms with Crippen LogP contribution in [0.3, 0.4) is 0 Å². The van der Waals surface area contributed by atoms with E-state index in [1.807, 2.05) is 57.2 Å². The lowest BCUT2D eigenvalue weighted by Gasteiger charge is -2.29. The van der Waals surface area contributed by atoms with Gasteiger partial charge in [0, 0.05) is 30.6 Å². The Morgan fingerprint density at radius 3 is 2.37 bits per heavy atom. The maximum absolute atomic E-state index is 13.4. The first-order chi connectivity index (χ1) is 18.2. The smallest absolute Gasteiger partial charge is 0.241 e. The van der Waals surface area contributed by atoms with Crippen LogP contribution >= 0.6 is 0 Å². The molecule has 1 heterocycles. The highest BCUT2D eigenvalue weighted by Gasteiger charge is 2.28. The number of nitrogens with one attached hydrogen (secondary N) is 4. The molecular weight excluding hydrogens is 500 g/mol. The Morgan fingerprint density at radius 2 is 1.66 bits per heavy atom. The monoisotopic (exact) mass is 536 g/mol. The summed E-state index contributed by atoms with van der Waals surface area (Å²) in [6.45, 7) is 7.00. The van der Waals surface area contributed by atoms with Crippen molar-refractivity contribution in [3.05, 3.63) is 42.0 Å². The molecule has 0 radical (unpaired) electrons. The molecule has 1 fully saturated rings. The maximum atomic E-state index is 13.4. The van der Waals surface area contributed by atoms with Crippen LogP contribution in [0.25, 0.3) is 10.8 Å². The highest BCUT2D eigenvalue weighted by Crippen LogP contribution is 2.29. The van der Waals surface area contributed by atoms with E-state index in [1.54, 1.807) is 0 Å². The van der Waals surface area contributed by atoms with Crippen molar-refractivity contribution in [3.63, 3.8) is 0 Å². The van der Waals surface area contributed by atoms with Crippen molar-refractivity contribution >= 4 is 38.6 Å². The van der Waals surface area contributed by atoms with Crippen LogP contribution in [0.4, 0.5) is 17.8 Å². The van der Waals surface area contributed by atoms with Crippen LogP contribution < -0.4 is 20.7 Å². The molecule has 0 bridgehead atoms. The number of nitrogens with zero attached hydrogens (tertiary/aromatic N) is 4. The summed E-state index contributed by atoms with van der Waals surface area (Å²) in [5.41, 5.74) is 0.749. The fourth-order valence-corrected chi connectivity index (χ4v) is 6.55. The number of aryl methyl sites for hydroxylation is 1. The molecule has 38 heavy (non-hydrogen) atoms. The Labute approximate surface area is 224 Å². The van der Waals surface area contributed by atoms with E-state index in [2.05, 4.69) is 41.7 Å². The van der Waals surface area contributed by atoms with Crippen LogP contribution in [-0.4, -0.2) is 48.5 Å².